The molecule has 0 radical (unpaired) electrons. The fourth-order valence-corrected chi connectivity index (χ4v) is 3.70. The van der Waals surface area contributed by atoms with Gasteiger partial charge in [-0.1, -0.05) is 19.8 Å². The number of amides is 2. The summed E-state index contributed by atoms with van der Waals surface area (Å²) in [6, 6.07) is 0. The van der Waals surface area contributed by atoms with Crippen molar-refractivity contribution in [2.75, 3.05) is 39.2 Å². The monoisotopic (exact) mass is 621 g/mol. The molecule has 3 heterocycles. The van der Waals surface area contributed by atoms with Crippen molar-refractivity contribution in [2.24, 2.45) is 0 Å². The van der Waals surface area contributed by atoms with Crippen LogP contribution in [0.25, 0.3) is 11.2 Å². The lowest BCUT2D eigenvalue weighted by molar-refractivity contribution is -0.0213. The number of aromatic nitrogens is 4. The van der Waals surface area contributed by atoms with Gasteiger partial charge in [-0.3, -0.25) is 10.2 Å². The molecule has 242 valence electrons. The van der Waals surface area contributed by atoms with Gasteiger partial charge in [0.2, 0.25) is 0 Å². The van der Waals surface area contributed by atoms with Gasteiger partial charge in [-0.05, 0) is 34.7 Å². The number of fused-ring (bicyclic) bond motifs is 1. The van der Waals surface area contributed by atoms with Crippen molar-refractivity contribution in [3.63, 3.8) is 0 Å². The highest BCUT2D eigenvalue weighted by Gasteiger charge is 2.30. The van der Waals surface area contributed by atoms with Gasteiger partial charge in [0.15, 0.2) is 28.3 Å². The van der Waals surface area contributed by atoms with Crippen LogP contribution in [-0.2, 0) is 27.3 Å². The van der Waals surface area contributed by atoms with E-state index in [0.29, 0.717) is 24.6 Å². The molecule has 0 aliphatic carbocycles. The van der Waals surface area contributed by atoms with Crippen molar-refractivity contribution >= 4 is 29.2 Å². The van der Waals surface area contributed by atoms with E-state index in [1.165, 1.54) is 18.0 Å². The Kier molecular flexibility index (Phi) is 12.8. The van der Waals surface area contributed by atoms with Crippen molar-refractivity contribution in [1.82, 2.24) is 29.7 Å². The first-order chi connectivity index (χ1) is 20.7. The van der Waals surface area contributed by atoms with Crippen LogP contribution >= 0.6 is 0 Å². The van der Waals surface area contributed by atoms with Crippen LogP contribution in [-0.4, -0.2) is 81.7 Å². The zero-order chi connectivity index (χ0) is 33.1. The Hall–Kier alpha value is -4.49. The van der Waals surface area contributed by atoms with E-state index >= 15 is 0 Å². The number of nitrogens with zero attached hydrogens (tertiary/aromatic N) is 5. The maximum Gasteiger partial charge on any atom is 0.519 e. The predicted octanol–water partition coefficient (Wildman–Crippen LogP) is 3.46. The summed E-state index contributed by atoms with van der Waals surface area (Å²) in [7, 11) is 3.16. The summed E-state index contributed by atoms with van der Waals surface area (Å²) in [5.41, 5.74) is -1.85. The molecule has 15 nitrogen and oxygen atoms in total. The van der Waals surface area contributed by atoms with Crippen LogP contribution in [0.1, 0.15) is 52.6 Å². The number of carbonyl (C=O) groups is 2. The molecule has 0 saturated heterocycles. The summed E-state index contributed by atoms with van der Waals surface area (Å²) in [6.45, 7) is 11.5. The lowest BCUT2D eigenvalue weighted by Crippen LogP contribution is -2.40. The standard InChI is InChI=1S/C26H34FN7O8.C2H6/c1-8-26(38-7,14-39-22(35)28-10-12-33(6)13-17-16(2)40-24(37)41-17)9-11-34-15-29-18-19(30-21(27)32-20(18)34)31-23(36)42-25(3,4)5;1-2/h1,15H,9-14H2,2-7H3,(H,28,35)(H,30,31,32,36);1-2H3. The van der Waals surface area contributed by atoms with Gasteiger partial charge in [0.05, 0.1) is 12.9 Å². The second-order valence-electron chi connectivity index (χ2n) is 10.3. The molecular weight excluding hydrogens is 581 g/mol. The number of anilines is 1. The number of methoxy groups -OCH3 is 1. The number of ether oxygens (including phenoxy) is 3. The third-order valence-corrected chi connectivity index (χ3v) is 5.91. The minimum Gasteiger partial charge on any atom is -0.445 e. The Bertz CT molecular complexity index is 1500. The van der Waals surface area contributed by atoms with Gasteiger partial charge in [0.1, 0.15) is 18.0 Å². The van der Waals surface area contributed by atoms with Crippen LogP contribution in [0, 0.1) is 25.3 Å². The van der Waals surface area contributed by atoms with E-state index in [1.807, 2.05) is 18.7 Å². The lowest BCUT2D eigenvalue weighted by atomic mass is 10.0. The number of halogens is 1. The van der Waals surface area contributed by atoms with Crippen molar-refractivity contribution < 1.29 is 37.0 Å². The zero-order valence-electron chi connectivity index (χ0n) is 26.3. The molecule has 3 rings (SSSR count). The fourth-order valence-electron chi connectivity index (χ4n) is 3.70. The van der Waals surface area contributed by atoms with E-state index in [1.54, 1.807) is 34.7 Å². The predicted molar refractivity (Wildman–Crippen MR) is 157 cm³/mol. The maximum atomic E-state index is 14.2. The number of terminal acetylenes is 1. The molecule has 1 unspecified atom stereocenters. The Morgan fingerprint density at radius 1 is 1.20 bits per heavy atom. The zero-order valence-corrected chi connectivity index (χ0v) is 26.3. The van der Waals surface area contributed by atoms with Gasteiger partial charge >= 0.3 is 24.1 Å². The molecule has 0 bridgehead atoms. The number of nitrogens with one attached hydrogen (secondary N) is 2. The van der Waals surface area contributed by atoms with Gasteiger partial charge < -0.3 is 32.9 Å². The van der Waals surface area contributed by atoms with Crippen LogP contribution in [0.2, 0.25) is 0 Å². The van der Waals surface area contributed by atoms with Crippen molar-refractivity contribution in [3.8, 4) is 12.3 Å². The maximum absolute atomic E-state index is 14.2. The molecule has 2 amide bonds. The van der Waals surface area contributed by atoms with E-state index < -0.39 is 35.3 Å². The number of likely N-dealkylation sites (N-methyl/N-ethyl adjacent to an activating group) is 1. The summed E-state index contributed by atoms with van der Waals surface area (Å²) in [6.07, 6.45) is 4.63. The van der Waals surface area contributed by atoms with Crippen LogP contribution in [0.5, 0.6) is 0 Å². The number of rotatable bonds is 12. The molecule has 2 N–H and O–H groups in total. The van der Waals surface area contributed by atoms with Gasteiger partial charge in [0.25, 0.3) is 0 Å². The SMILES string of the molecule is C#CC(CCn1cnc2c(NC(=O)OC(C)(C)C)nc(F)nc21)(COC(=O)NCCN(C)Cc1oc(=O)oc1C)OC.CC. The van der Waals surface area contributed by atoms with Gasteiger partial charge in [-0.2, -0.15) is 14.4 Å². The second-order valence-corrected chi connectivity index (χ2v) is 10.3. The molecule has 1 atom stereocenters. The highest BCUT2D eigenvalue weighted by molar-refractivity contribution is 5.93. The molecule has 0 spiro atoms. The number of hydrogen-bond acceptors (Lipinski definition) is 12. The largest absolute Gasteiger partial charge is 0.519 e. The molecule has 0 aliphatic heterocycles. The van der Waals surface area contributed by atoms with Gasteiger partial charge in [-0.25, -0.2) is 19.4 Å². The second kappa shape index (κ2) is 15.8. The highest BCUT2D eigenvalue weighted by atomic mass is 19.1. The quantitative estimate of drug-likeness (QED) is 0.223. The normalized spacial score (nSPS) is 12.6. The average molecular weight is 622 g/mol. The number of hydrogen-bond donors (Lipinski definition) is 2. The third-order valence-electron chi connectivity index (χ3n) is 5.91. The minimum absolute atomic E-state index is 0.100. The van der Waals surface area contributed by atoms with Crippen molar-refractivity contribution in [2.45, 2.75) is 72.3 Å². The molecule has 0 saturated carbocycles. The number of imidazole rings is 1. The Balaban J connectivity index is 0.00000330. The molecule has 0 fully saturated rings. The molecular formula is C28H40FN7O8. The minimum atomic E-state index is -1.32. The highest BCUT2D eigenvalue weighted by Crippen LogP contribution is 2.22. The molecule has 16 heteroatoms. The Labute approximate surface area is 254 Å². The average Bonchev–Trinajstić information content (AvgIpc) is 3.50. The summed E-state index contributed by atoms with van der Waals surface area (Å²) in [5, 5.41) is 5.00. The van der Waals surface area contributed by atoms with E-state index in [0.717, 1.165) is 0 Å². The van der Waals surface area contributed by atoms with Gasteiger partial charge in [0, 0.05) is 33.2 Å². The smallest absolute Gasteiger partial charge is 0.445 e. The summed E-state index contributed by atoms with van der Waals surface area (Å²) in [4.78, 5) is 49.1. The first-order valence-corrected chi connectivity index (χ1v) is 13.8. The van der Waals surface area contributed by atoms with Crippen molar-refractivity contribution in [3.05, 3.63) is 34.5 Å². The summed E-state index contributed by atoms with van der Waals surface area (Å²) < 4.78 is 41.6. The Morgan fingerprint density at radius 3 is 2.50 bits per heavy atom. The first kappa shape index (κ1) is 35.7. The van der Waals surface area contributed by atoms with E-state index in [9.17, 15) is 18.8 Å². The first-order valence-electron chi connectivity index (χ1n) is 13.8. The molecule has 0 aliphatic rings. The lowest BCUT2D eigenvalue weighted by Gasteiger charge is -2.26. The van der Waals surface area contributed by atoms with E-state index in [4.69, 9.17) is 29.5 Å². The van der Waals surface area contributed by atoms with Crippen molar-refractivity contribution in [1.29, 1.82) is 0 Å². The summed E-state index contributed by atoms with van der Waals surface area (Å²) in [5.74, 6) is 2.38. The molecule has 3 aromatic heterocycles. The number of carbonyl (C=O) groups excluding carboxylic acids is 2. The van der Waals surface area contributed by atoms with Crippen LogP contribution in [0.15, 0.2) is 20.0 Å². The van der Waals surface area contributed by atoms with E-state index in [2.05, 4.69) is 31.5 Å². The topological polar surface area (TPSA) is 176 Å². The van der Waals surface area contributed by atoms with Crippen LogP contribution in [0.4, 0.5) is 19.8 Å². The third kappa shape index (κ3) is 10.3. The Morgan fingerprint density at radius 2 is 1.91 bits per heavy atom. The van der Waals surface area contributed by atoms with Crippen LogP contribution < -0.4 is 16.5 Å². The number of aryl methyl sites for hydroxylation is 2. The summed E-state index contributed by atoms with van der Waals surface area (Å²) >= 11 is 0. The number of alkyl carbamates (subject to hydrolysis) is 1. The molecule has 3 aromatic rings. The van der Waals surface area contributed by atoms with Crippen LogP contribution in [0.3, 0.4) is 0 Å². The van der Waals surface area contributed by atoms with E-state index in [-0.39, 0.29) is 43.1 Å². The fraction of sp³-hybridized carbons (Fsp3) is 0.571. The van der Waals surface area contributed by atoms with Gasteiger partial charge in [-0.15, -0.1) is 6.42 Å². The molecule has 44 heavy (non-hydrogen) atoms. The molecule has 0 aromatic carbocycles.